The minimum atomic E-state index is -1.06. The maximum absolute atomic E-state index is 11.2. The molecule has 0 saturated heterocycles. The highest BCUT2D eigenvalue weighted by Gasteiger charge is 2.27. The van der Waals surface area contributed by atoms with Gasteiger partial charge in [-0.25, -0.2) is 10.2 Å². The molecule has 0 fully saturated rings. The predicted molar refractivity (Wildman–Crippen MR) is 61.5 cm³/mol. The third-order valence-corrected chi connectivity index (χ3v) is 2.21. The summed E-state index contributed by atoms with van der Waals surface area (Å²) in [6, 6.07) is 4.91. The molecule has 0 spiro atoms. The maximum atomic E-state index is 11.2. The largest absolute Gasteiger partial charge is 0.478 e. The van der Waals surface area contributed by atoms with E-state index < -0.39 is 17.9 Å². The number of carbonyl (C=O) groups excluding carboxylic acids is 1. The third-order valence-electron chi connectivity index (χ3n) is 2.21. The summed E-state index contributed by atoms with van der Waals surface area (Å²) in [7, 11) is 0. The van der Waals surface area contributed by atoms with E-state index in [2.05, 4.69) is 20.8 Å². The van der Waals surface area contributed by atoms with Crippen LogP contribution in [0.15, 0.2) is 39.6 Å². The predicted octanol–water partition coefficient (Wildman–Crippen LogP) is 0.239. The fourth-order valence-electron chi connectivity index (χ4n) is 1.31. The van der Waals surface area contributed by atoms with Gasteiger partial charge in [0.2, 0.25) is 6.04 Å². The summed E-state index contributed by atoms with van der Waals surface area (Å²) in [6.07, 6.45) is 0. The van der Waals surface area contributed by atoms with Crippen molar-refractivity contribution in [2.75, 3.05) is 0 Å². The van der Waals surface area contributed by atoms with Crippen molar-refractivity contribution in [1.29, 1.82) is 0 Å². The number of nitrogens with zero attached hydrogens (tertiary/aromatic N) is 3. The van der Waals surface area contributed by atoms with Gasteiger partial charge in [0.05, 0.1) is 11.3 Å². The van der Waals surface area contributed by atoms with Gasteiger partial charge in [-0.15, -0.1) is 0 Å². The number of amidine groups is 1. The average Bonchev–Trinajstić information content (AvgIpc) is 2.67. The Hall–Kier alpha value is -2.77. The van der Waals surface area contributed by atoms with Crippen LogP contribution >= 0.6 is 0 Å². The van der Waals surface area contributed by atoms with Crippen molar-refractivity contribution in [2.45, 2.75) is 6.04 Å². The number of carboxylic acids is 1. The van der Waals surface area contributed by atoms with Crippen molar-refractivity contribution < 1.29 is 14.7 Å². The highest BCUT2D eigenvalue weighted by molar-refractivity contribution is 6.10. The van der Waals surface area contributed by atoms with Gasteiger partial charge in [0, 0.05) is 0 Å². The van der Waals surface area contributed by atoms with E-state index in [1.807, 2.05) is 0 Å². The molecule has 1 amide bonds. The van der Waals surface area contributed by atoms with Crippen molar-refractivity contribution >= 4 is 23.4 Å². The SMILES string of the molecule is NC1=NNC(=O)[C@H]1N=Nc1cccc(C(=O)O)c1. The fourth-order valence-corrected chi connectivity index (χ4v) is 1.31. The lowest BCUT2D eigenvalue weighted by molar-refractivity contribution is -0.120. The molecule has 0 bridgehead atoms. The molecule has 0 saturated carbocycles. The van der Waals surface area contributed by atoms with Gasteiger partial charge in [-0.2, -0.15) is 15.3 Å². The number of nitrogens with two attached hydrogens (primary N) is 1. The number of azo groups is 1. The highest BCUT2D eigenvalue weighted by atomic mass is 16.4. The van der Waals surface area contributed by atoms with Crippen LogP contribution in [-0.4, -0.2) is 28.9 Å². The van der Waals surface area contributed by atoms with Crippen molar-refractivity contribution in [1.82, 2.24) is 5.43 Å². The topological polar surface area (TPSA) is 129 Å². The first kappa shape index (κ1) is 11.7. The summed E-state index contributed by atoms with van der Waals surface area (Å²) in [5.41, 5.74) is 8.00. The van der Waals surface area contributed by atoms with Crippen molar-refractivity contribution in [3.8, 4) is 0 Å². The minimum Gasteiger partial charge on any atom is -0.478 e. The van der Waals surface area contributed by atoms with E-state index in [1.54, 1.807) is 6.07 Å². The summed E-state index contributed by atoms with van der Waals surface area (Å²) < 4.78 is 0. The molecule has 8 nitrogen and oxygen atoms in total. The molecule has 4 N–H and O–H groups in total. The number of hydrogen-bond acceptors (Lipinski definition) is 6. The molecule has 0 unspecified atom stereocenters. The van der Waals surface area contributed by atoms with Crippen LogP contribution in [0.25, 0.3) is 0 Å². The second kappa shape index (κ2) is 4.62. The molecule has 1 aromatic carbocycles. The van der Waals surface area contributed by atoms with Crippen molar-refractivity contribution in [3.63, 3.8) is 0 Å². The average molecular weight is 247 g/mol. The summed E-state index contributed by atoms with van der Waals surface area (Å²) in [6.45, 7) is 0. The van der Waals surface area contributed by atoms with Crippen LogP contribution in [0.2, 0.25) is 0 Å². The molecule has 0 aliphatic carbocycles. The van der Waals surface area contributed by atoms with E-state index in [0.717, 1.165) is 0 Å². The maximum Gasteiger partial charge on any atom is 0.335 e. The number of hydrazone groups is 1. The van der Waals surface area contributed by atoms with E-state index in [9.17, 15) is 9.59 Å². The Labute approximate surface area is 101 Å². The third kappa shape index (κ3) is 2.32. The first-order valence-corrected chi connectivity index (χ1v) is 4.95. The van der Waals surface area contributed by atoms with Crippen LogP contribution in [0, 0.1) is 0 Å². The number of benzene rings is 1. The Bertz CT molecular complexity index is 566. The van der Waals surface area contributed by atoms with Gasteiger partial charge in [0.25, 0.3) is 5.91 Å². The number of carbonyl (C=O) groups is 2. The number of carboxylic acid groups (broad SMARTS) is 1. The summed E-state index contributed by atoms with van der Waals surface area (Å²) in [5.74, 6) is -1.50. The van der Waals surface area contributed by atoms with Gasteiger partial charge in [-0.05, 0) is 18.2 Å². The van der Waals surface area contributed by atoms with Gasteiger partial charge in [0.1, 0.15) is 0 Å². The van der Waals surface area contributed by atoms with Crippen LogP contribution < -0.4 is 11.2 Å². The molecular weight excluding hydrogens is 238 g/mol. The van der Waals surface area contributed by atoms with Gasteiger partial charge < -0.3 is 10.8 Å². The van der Waals surface area contributed by atoms with Crippen LogP contribution in [0.3, 0.4) is 0 Å². The van der Waals surface area contributed by atoms with E-state index in [0.29, 0.717) is 5.69 Å². The molecule has 1 atom stereocenters. The zero-order valence-electron chi connectivity index (χ0n) is 9.07. The zero-order chi connectivity index (χ0) is 13.1. The highest BCUT2D eigenvalue weighted by Crippen LogP contribution is 2.15. The molecule has 1 aliphatic rings. The van der Waals surface area contributed by atoms with Crippen LogP contribution in [0.5, 0.6) is 0 Å². The number of nitrogens with one attached hydrogen (secondary N) is 1. The van der Waals surface area contributed by atoms with Crippen molar-refractivity contribution in [2.24, 2.45) is 21.1 Å². The Kier molecular flexibility index (Phi) is 3.00. The Morgan fingerprint density at radius 3 is 2.89 bits per heavy atom. The first-order chi connectivity index (χ1) is 8.58. The number of hydrogen-bond donors (Lipinski definition) is 3. The molecule has 8 heteroatoms. The monoisotopic (exact) mass is 247 g/mol. The van der Waals surface area contributed by atoms with E-state index in [4.69, 9.17) is 10.8 Å². The minimum absolute atomic E-state index is 0.0261. The Morgan fingerprint density at radius 2 is 2.28 bits per heavy atom. The number of aromatic carboxylic acids is 1. The molecule has 1 heterocycles. The lowest BCUT2D eigenvalue weighted by Crippen LogP contribution is -2.31. The Morgan fingerprint density at radius 1 is 1.50 bits per heavy atom. The second-order valence-electron chi connectivity index (χ2n) is 3.49. The van der Waals surface area contributed by atoms with Crippen LogP contribution in [0.1, 0.15) is 10.4 Å². The van der Waals surface area contributed by atoms with E-state index in [-0.39, 0.29) is 11.4 Å². The zero-order valence-corrected chi connectivity index (χ0v) is 9.07. The second-order valence-corrected chi connectivity index (χ2v) is 3.49. The van der Waals surface area contributed by atoms with Gasteiger partial charge >= 0.3 is 5.97 Å². The van der Waals surface area contributed by atoms with E-state index >= 15 is 0 Å². The molecule has 18 heavy (non-hydrogen) atoms. The quantitative estimate of drug-likeness (QED) is 0.660. The van der Waals surface area contributed by atoms with E-state index in [1.165, 1.54) is 18.2 Å². The summed E-state index contributed by atoms with van der Waals surface area (Å²) in [4.78, 5) is 22.0. The molecule has 0 radical (unpaired) electrons. The smallest absolute Gasteiger partial charge is 0.335 e. The first-order valence-electron chi connectivity index (χ1n) is 4.95. The summed E-state index contributed by atoms with van der Waals surface area (Å²) in [5, 5.41) is 19.8. The molecule has 1 aliphatic heterocycles. The lowest BCUT2D eigenvalue weighted by Gasteiger charge is -1.99. The number of amides is 1. The lowest BCUT2D eigenvalue weighted by atomic mass is 10.2. The molecule has 2 rings (SSSR count). The fraction of sp³-hybridized carbons (Fsp3) is 0.100. The van der Waals surface area contributed by atoms with Crippen molar-refractivity contribution in [3.05, 3.63) is 29.8 Å². The molecule has 0 aromatic heterocycles. The van der Waals surface area contributed by atoms with Gasteiger partial charge in [0.15, 0.2) is 5.84 Å². The van der Waals surface area contributed by atoms with Crippen LogP contribution in [0.4, 0.5) is 5.69 Å². The standard InChI is InChI=1S/C10H9N5O3/c11-8-7(9(16)15-14-8)13-12-6-3-1-2-5(4-6)10(17)18/h1-4,7H,(H2,11,14)(H,15,16)(H,17,18)/t7-/m0/s1. The summed E-state index contributed by atoms with van der Waals surface area (Å²) >= 11 is 0. The molecular formula is C10H9N5O3. The number of rotatable bonds is 3. The van der Waals surface area contributed by atoms with Gasteiger partial charge in [-0.3, -0.25) is 4.79 Å². The van der Waals surface area contributed by atoms with Crippen LogP contribution in [-0.2, 0) is 4.79 Å². The molecule has 92 valence electrons. The normalized spacial score (nSPS) is 18.8. The molecule has 1 aromatic rings. The Balaban J connectivity index is 2.19. The van der Waals surface area contributed by atoms with Gasteiger partial charge in [-0.1, -0.05) is 6.07 Å².